The van der Waals surface area contributed by atoms with E-state index in [-0.39, 0.29) is 16.4 Å². The summed E-state index contributed by atoms with van der Waals surface area (Å²) < 4.78 is 14.5. The molecule has 1 aromatic heterocycles. The molecule has 2 rings (SSSR count). The summed E-state index contributed by atoms with van der Waals surface area (Å²) in [6, 6.07) is 5.60. The number of H-pyrrole nitrogens is 1. The highest BCUT2D eigenvalue weighted by molar-refractivity contribution is 6.30. The van der Waals surface area contributed by atoms with E-state index in [0.29, 0.717) is 12.8 Å². The molecule has 0 fully saturated rings. The normalized spacial score (nSPS) is 10.7. The molecule has 100 valence electrons. The van der Waals surface area contributed by atoms with Gasteiger partial charge >= 0.3 is 5.69 Å². The number of nitrogens with one attached hydrogen (secondary N) is 1. The van der Waals surface area contributed by atoms with Crippen LogP contribution in [0.15, 0.2) is 33.9 Å². The number of para-hydroxylation sites is 1. The highest BCUT2D eigenvalue weighted by atomic mass is 35.5. The van der Waals surface area contributed by atoms with Gasteiger partial charge in [-0.2, -0.15) is 0 Å². The second kappa shape index (κ2) is 5.40. The fraction of sp³-hybridized carbons (Fsp3) is 0.231. The van der Waals surface area contributed by atoms with E-state index in [1.165, 1.54) is 18.2 Å². The Hall–Kier alpha value is -1.88. The lowest BCUT2D eigenvalue weighted by Gasteiger charge is -2.09. The standard InChI is InChI=1S/C13H12ClFN2O2/c1-2-5-8-11(14)16-13(19)17(12(8)18)10-7-4-3-6-9(10)15/h3-4,6-7H,2,5H2,1H3,(H,16,19). The van der Waals surface area contributed by atoms with Crippen LogP contribution in [0.5, 0.6) is 0 Å². The second-order valence-corrected chi connectivity index (χ2v) is 4.44. The molecule has 0 bridgehead atoms. The zero-order valence-electron chi connectivity index (χ0n) is 10.2. The minimum atomic E-state index is -0.750. The van der Waals surface area contributed by atoms with Crippen molar-refractivity contribution in [3.63, 3.8) is 0 Å². The molecule has 19 heavy (non-hydrogen) atoms. The molecule has 6 heteroatoms. The molecular formula is C13H12ClFN2O2. The molecule has 0 unspecified atom stereocenters. The lowest BCUT2D eigenvalue weighted by Crippen LogP contribution is -2.36. The Kier molecular flexibility index (Phi) is 3.85. The molecule has 4 nitrogen and oxygen atoms in total. The van der Waals surface area contributed by atoms with Crippen LogP contribution >= 0.6 is 11.6 Å². The van der Waals surface area contributed by atoms with Crippen molar-refractivity contribution in [1.29, 1.82) is 0 Å². The molecule has 0 amide bonds. The maximum absolute atomic E-state index is 13.7. The Balaban J connectivity index is 2.78. The van der Waals surface area contributed by atoms with Crippen LogP contribution < -0.4 is 11.2 Å². The van der Waals surface area contributed by atoms with Gasteiger partial charge in [0.05, 0.1) is 11.3 Å². The predicted octanol–water partition coefficient (Wildman–Crippen LogP) is 2.27. The second-order valence-electron chi connectivity index (χ2n) is 4.06. The monoisotopic (exact) mass is 282 g/mol. The van der Waals surface area contributed by atoms with Crippen molar-refractivity contribution in [2.24, 2.45) is 0 Å². The van der Waals surface area contributed by atoms with Gasteiger partial charge in [0.25, 0.3) is 5.56 Å². The van der Waals surface area contributed by atoms with Gasteiger partial charge in [0.15, 0.2) is 0 Å². The topological polar surface area (TPSA) is 54.9 Å². The summed E-state index contributed by atoms with van der Waals surface area (Å²) in [6.45, 7) is 1.88. The first kappa shape index (κ1) is 13.5. The van der Waals surface area contributed by atoms with E-state index in [4.69, 9.17) is 11.6 Å². The molecule has 1 aromatic carbocycles. The molecule has 0 atom stereocenters. The van der Waals surface area contributed by atoms with E-state index >= 15 is 0 Å². The molecule has 0 aliphatic carbocycles. The summed E-state index contributed by atoms with van der Waals surface area (Å²) in [7, 11) is 0. The van der Waals surface area contributed by atoms with Crippen molar-refractivity contribution in [2.45, 2.75) is 19.8 Å². The first-order valence-corrected chi connectivity index (χ1v) is 6.22. The van der Waals surface area contributed by atoms with Crippen LogP contribution in [0.4, 0.5) is 4.39 Å². The number of benzene rings is 1. The Morgan fingerprint density at radius 3 is 2.63 bits per heavy atom. The molecular weight excluding hydrogens is 271 g/mol. The van der Waals surface area contributed by atoms with Gasteiger partial charge in [-0.05, 0) is 18.6 Å². The van der Waals surface area contributed by atoms with Crippen LogP contribution in [0, 0.1) is 5.82 Å². The fourth-order valence-electron chi connectivity index (χ4n) is 1.86. The first-order chi connectivity index (χ1) is 9.06. The van der Waals surface area contributed by atoms with Crippen molar-refractivity contribution in [1.82, 2.24) is 9.55 Å². The SMILES string of the molecule is CCCc1c(Cl)[nH]c(=O)n(-c2ccccc2F)c1=O. The van der Waals surface area contributed by atoms with Crippen LogP contribution in [0.1, 0.15) is 18.9 Å². The van der Waals surface area contributed by atoms with Crippen molar-refractivity contribution >= 4 is 11.6 Å². The molecule has 0 saturated carbocycles. The maximum atomic E-state index is 13.7. The largest absolute Gasteiger partial charge is 0.334 e. The number of rotatable bonds is 3. The molecule has 0 aliphatic rings. The fourth-order valence-corrected chi connectivity index (χ4v) is 2.12. The Bertz CT molecular complexity index is 721. The van der Waals surface area contributed by atoms with Crippen LogP contribution in [0.25, 0.3) is 5.69 Å². The molecule has 0 saturated heterocycles. The third kappa shape index (κ3) is 2.46. The van der Waals surface area contributed by atoms with Crippen LogP contribution in [-0.2, 0) is 6.42 Å². The van der Waals surface area contributed by atoms with Gasteiger partial charge in [-0.15, -0.1) is 0 Å². The predicted molar refractivity (Wildman–Crippen MR) is 71.6 cm³/mol. The third-order valence-electron chi connectivity index (χ3n) is 2.74. The van der Waals surface area contributed by atoms with Gasteiger partial charge in [0.2, 0.25) is 0 Å². The Morgan fingerprint density at radius 2 is 2.00 bits per heavy atom. The number of halogens is 2. The van der Waals surface area contributed by atoms with E-state index in [1.54, 1.807) is 6.07 Å². The first-order valence-electron chi connectivity index (χ1n) is 5.85. The van der Waals surface area contributed by atoms with Crippen LogP contribution in [0.3, 0.4) is 0 Å². The number of hydrogen-bond donors (Lipinski definition) is 1. The summed E-state index contributed by atoms with van der Waals surface area (Å²) in [5, 5.41) is 0.0180. The lowest BCUT2D eigenvalue weighted by atomic mass is 10.2. The summed E-state index contributed by atoms with van der Waals surface area (Å²) in [5.74, 6) is -0.639. The van der Waals surface area contributed by atoms with Crippen molar-refractivity contribution < 1.29 is 4.39 Å². The average molecular weight is 283 g/mol. The van der Waals surface area contributed by atoms with Crippen LogP contribution in [0.2, 0.25) is 5.15 Å². The van der Waals surface area contributed by atoms with Gasteiger partial charge in [0, 0.05) is 0 Å². The molecule has 2 aromatic rings. The zero-order chi connectivity index (χ0) is 14.0. The highest BCUT2D eigenvalue weighted by Gasteiger charge is 2.15. The number of aromatic nitrogens is 2. The number of nitrogens with zero attached hydrogens (tertiary/aromatic N) is 1. The number of hydrogen-bond acceptors (Lipinski definition) is 2. The van der Waals surface area contributed by atoms with Crippen molar-refractivity contribution in [2.75, 3.05) is 0 Å². The summed E-state index contributed by atoms with van der Waals surface area (Å²) in [5.41, 5.74) is -1.13. The van der Waals surface area contributed by atoms with Gasteiger partial charge < -0.3 is 0 Å². The smallest absolute Gasteiger partial charge is 0.297 e. The molecule has 0 spiro atoms. The quantitative estimate of drug-likeness (QED) is 0.878. The maximum Gasteiger partial charge on any atom is 0.334 e. The minimum Gasteiger partial charge on any atom is -0.297 e. The Labute approximate surface area is 113 Å². The average Bonchev–Trinajstić information content (AvgIpc) is 2.36. The van der Waals surface area contributed by atoms with E-state index < -0.39 is 17.1 Å². The van der Waals surface area contributed by atoms with Gasteiger partial charge in [-0.25, -0.2) is 13.8 Å². The molecule has 0 radical (unpaired) electrons. The minimum absolute atomic E-state index is 0.0180. The van der Waals surface area contributed by atoms with E-state index in [1.807, 2.05) is 6.92 Å². The third-order valence-corrected chi connectivity index (χ3v) is 3.06. The lowest BCUT2D eigenvalue weighted by molar-refractivity contribution is 0.611. The van der Waals surface area contributed by atoms with Gasteiger partial charge in [0.1, 0.15) is 11.0 Å². The molecule has 0 aliphatic heterocycles. The summed E-state index contributed by atoms with van der Waals surface area (Å²) >= 11 is 5.85. The summed E-state index contributed by atoms with van der Waals surface area (Å²) in [6.07, 6.45) is 1.11. The Morgan fingerprint density at radius 1 is 1.32 bits per heavy atom. The van der Waals surface area contributed by atoms with E-state index in [2.05, 4.69) is 4.98 Å². The zero-order valence-corrected chi connectivity index (χ0v) is 11.0. The van der Waals surface area contributed by atoms with Crippen molar-refractivity contribution in [3.05, 3.63) is 61.6 Å². The van der Waals surface area contributed by atoms with E-state index in [0.717, 1.165) is 4.57 Å². The summed E-state index contributed by atoms with van der Waals surface area (Å²) in [4.78, 5) is 26.4. The molecule has 1 heterocycles. The van der Waals surface area contributed by atoms with Crippen LogP contribution in [-0.4, -0.2) is 9.55 Å². The number of aromatic amines is 1. The van der Waals surface area contributed by atoms with E-state index in [9.17, 15) is 14.0 Å². The van der Waals surface area contributed by atoms with Gasteiger partial charge in [-0.1, -0.05) is 37.1 Å². The van der Waals surface area contributed by atoms with Crippen molar-refractivity contribution in [3.8, 4) is 5.69 Å². The molecule has 1 N–H and O–H groups in total. The highest BCUT2D eigenvalue weighted by Crippen LogP contribution is 2.12. The van der Waals surface area contributed by atoms with Gasteiger partial charge in [-0.3, -0.25) is 9.78 Å².